The lowest BCUT2D eigenvalue weighted by molar-refractivity contribution is -0.274. The number of aryl methyl sites for hydroxylation is 1. The number of carbonyl (C=O) groups is 1. The normalized spacial score (nSPS) is 11.3. The average Bonchev–Trinajstić information content (AvgIpc) is 2.83. The van der Waals surface area contributed by atoms with Crippen LogP contribution in [0.2, 0.25) is 5.15 Å². The van der Waals surface area contributed by atoms with Crippen LogP contribution in [0, 0.1) is 0 Å². The highest BCUT2D eigenvalue weighted by atomic mass is 35.5. The van der Waals surface area contributed by atoms with Gasteiger partial charge in [-0.25, -0.2) is 0 Å². The molecule has 0 aliphatic heterocycles. The summed E-state index contributed by atoms with van der Waals surface area (Å²) in [4.78, 5) is 11.7. The molecule has 1 aromatic heterocycles. The molecule has 0 spiro atoms. The fourth-order valence-corrected chi connectivity index (χ4v) is 1.76. The number of ether oxygens (including phenoxy) is 1. The van der Waals surface area contributed by atoms with Crippen LogP contribution in [0.1, 0.15) is 12.2 Å². The van der Waals surface area contributed by atoms with Crippen molar-refractivity contribution in [3.05, 3.63) is 41.2 Å². The summed E-state index contributed by atoms with van der Waals surface area (Å²) in [5.74, 6) is -0.215. The molecule has 118 valence electrons. The summed E-state index contributed by atoms with van der Waals surface area (Å²) in [6, 6.07) is 6.34. The Bertz CT molecular complexity index is 641. The first kappa shape index (κ1) is 16.2. The summed E-state index contributed by atoms with van der Waals surface area (Å²) in [5.41, 5.74) is 0.357. The maximum absolute atomic E-state index is 12.0. The standard InChI is InChI=1S/C13H10ClF3N2O3/c14-11-7-10(22-19-11)5-6-12(20)18-8-1-3-9(4-2-8)21-13(15,16)17/h1-4,7H,5-6H2,(H,18,20). The first-order valence-electron chi connectivity index (χ1n) is 6.08. The fourth-order valence-electron chi connectivity index (χ4n) is 1.61. The van der Waals surface area contributed by atoms with E-state index in [2.05, 4.69) is 15.2 Å². The minimum Gasteiger partial charge on any atom is -0.406 e. The molecule has 1 aromatic carbocycles. The predicted octanol–water partition coefficient (Wildman–Crippen LogP) is 3.80. The summed E-state index contributed by atoms with van der Waals surface area (Å²) < 4.78 is 44.6. The summed E-state index contributed by atoms with van der Waals surface area (Å²) in [7, 11) is 0. The largest absolute Gasteiger partial charge is 0.573 e. The van der Waals surface area contributed by atoms with Gasteiger partial charge in [0.25, 0.3) is 0 Å². The topological polar surface area (TPSA) is 64.4 Å². The van der Waals surface area contributed by atoms with Crippen LogP contribution in [0.5, 0.6) is 5.75 Å². The Balaban J connectivity index is 1.83. The second kappa shape index (κ2) is 6.69. The molecule has 0 saturated carbocycles. The lowest BCUT2D eigenvalue weighted by Gasteiger charge is -2.09. The van der Waals surface area contributed by atoms with Gasteiger partial charge in [0.15, 0.2) is 5.15 Å². The van der Waals surface area contributed by atoms with E-state index in [1.807, 2.05) is 0 Å². The van der Waals surface area contributed by atoms with Crippen molar-refractivity contribution < 1.29 is 27.2 Å². The van der Waals surface area contributed by atoms with Crippen molar-refractivity contribution >= 4 is 23.2 Å². The van der Waals surface area contributed by atoms with E-state index in [1.165, 1.54) is 18.2 Å². The number of amides is 1. The Hall–Kier alpha value is -2.22. The quantitative estimate of drug-likeness (QED) is 0.903. The summed E-state index contributed by atoms with van der Waals surface area (Å²) in [5, 5.41) is 6.21. The third-order valence-electron chi connectivity index (χ3n) is 2.50. The molecular weight excluding hydrogens is 325 g/mol. The van der Waals surface area contributed by atoms with Crippen molar-refractivity contribution in [2.24, 2.45) is 0 Å². The Morgan fingerprint density at radius 1 is 1.32 bits per heavy atom. The molecule has 0 atom stereocenters. The molecule has 0 radical (unpaired) electrons. The lowest BCUT2D eigenvalue weighted by Crippen LogP contribution is -2.17. The van der Waals surface area contributed by atoms with E-state index in [-0.39, 0.29) is 23.2 Å². The summed E-state index contributed by atoms with van der Waals surface area (Å²) >= 11 is 5.57. The van der Waals surface area contributed by atoms with Gasteiger partial charge in [-0.1, -0.05) is 16.8 Å². The lowest BCUT2D eigenvalue weighted by atomic mass is 10.2. The zero-order chi connectivity index (χ0) is 16.2. The zero-order valence-electron chi connectivity index (χ0n) is 11.0. The number of halogens is 4. The van der Waals surface area contributed by atoms with Crippen molar-refractivity contribution in [3.8, 4) is 5.75 Å². The van der Waals surface area contributed by atoms with Crippen LogP contribution in [-0.2, 0) is 11.2 Å². The number of nitrogens with one attached hydrogen (secondary N) is 1. The van der Waals surface area contributed by atoms with Crippen LogP contribution < -0.4 is 10.1 Å². The smallest absolute Gasteiger partial charge is 0.406 e. The van der Waals surface area contributed by atoms with Crippen molar-refractivity contribution in [2.45, 2.75) is 19.2 Å². The van der Waals surface area contributed by atoms with Crippen LogP contribution in [0.4, 0.5) is 18.9 Å². The van der Waals surface area contributed by atoms with Gasteiger partial charge in [0.05, 0.1) is 0 Å². The van der Waals surface area contributed by atoms with Gasteiger partial charge in [-0.3, -0.25) is 4.79 Å². The van der Waals surface area contributed by atoms with Gasteiger partial charge in [0.1, 0.15) is 11.5 Å². The molecule has 1 heterocycles. The van der Waals surface area contributed by atoms with Crippen LogP contribution in [0.15, 0.2) is 34.9 Å². The number of anilines is 1. The highest BCUT2D eigenvalue weighted by Crippen LogP contribution is 2.24. The molecule has 22 heavy (non-hydrogen) atoms. The maximum atomic E-state index is 12.0. The number of aromatic nitrogens is 1. The Kier molecular flexibility index (Phi) is 4.92. The van der Waals surface area contributed by atoms with Crippen LogP contribution in [0.3, 0.4) is 0 Å². The first-order valence-corrected chi connectivity index (χ1v) is 6.46. The number of rotatable bonds is 5. The predicted molar refractivity (Wildman–Crippen MR) is 71.6 cm³/mol. The van der Waals surface area contributed by atoms with Gasteiger partial charge in [-0.15, -0.1) is 13.2 Å². The minimum absolute atomic E-state index is 0.117. The van der Waals surface area contributed by atoms with E-state index >= 15 is 0 Å². The maximum Gasteiger partial charge on any atom is 0.573 e. The average molecular weight is 335 g/mol. The van der Waals surface area contributed by atoms with Crippen LogP contribution in [0.25, 0.3) is 0 Å². The molecule has 0 aliphatic carbocycles. The van der Waals surface area contributed by atoms with E-state index in [0.29, 0.717) is 17.9 Å². The van der Waals surface area contributed by atoms with E-state index in [9.17, 15) is 18.0 Å². The van der Waals surface area contributed by atoms with Crippen LogP contribution in [-0.4, -0.2) is 17.4 Å². The molecule has 0 bridgehead atoms. The Morgan fingerprint density at radius 2 is 2.00 bits per heavy atom. The monoisotopic (exact) mass is 334 g/mol. The third kappa shape index (κ3) is 5.28. The van der Waals surface area contributed by atoms with Gasteiger partial charge < -0.3 is 14.6 Å². The summed E-state index contributed by atoms with van der Waals surface area (Å²) in [6.45, 7) is 0. The molecule has 0 saturated heterocycles. The third-order valence-corrected chi connectivity index (χ3v) is 2.68. The molecule has 0 unspecified atom stereocenters. The number of alkyl halides is 3. The van der Waals surface area contributed by atoms with Crippen molar-refractivity contribution in [3.63, 3.8) is 0 Å². The SMILES string of the molecule is O=C(CCc1cc(Cl)no1)Nc1ccc(OC(F)(F)F)cc1. The molecule has 5 nitrogen and oxygen atoms in total. The van der Waals surface area contributed by atoms with E-state index < -0.39 is 6.36 Å². The highest BCUT2D eigenvalue weighted by molar-refractivity contribution is 6.29. The zero-order valence-corrected chi connectivity index (χ0v) is 11.7. The van der Waals surface area contributed by atoms with Gasteiger partial charge >= 0.3 is 6.36 Å². The molecule has 2 rings (SSSR count). The molecular formula is C13H10ClF3N2O3. The fraction of sp³-hybridized carbons (Fsp3) is 0.231. The summed E-state index contributed by atoms with van der Waals surface area (Å²) in [6.07, 6.45) is -4.32. The van der Waals surface area contributed by atoms with E-state index in [0.717, 1.165) is 12.1 Å². The van der Waals surface area contributed by atoms with Crippen LogP contribution >= 0.6 is 11.6 Å². The molecule has 9 heteroatoms. The molecule has 1 amide bonds. The van der Waals surface area contributed by atoms with Crippen molar-refractivity contribution in [1.29, 1.82) is 0 Å². The highest BCUT2D eigenvalue weighted by Gasteiger charge is 2.30. The molecule has 2 aromatic rings. The van der Waals surface area contributed by atoms with Gasteiger partial charge in [-0.05, 0) is 24.3 Å². The number of hydrogen-bond acceptors (Lipinski definition) is 4. The van der Waals surface area contributed by atoms with E-state index in [1.54, 1.807) is 0 Å². The second-order valence-corrected chi connectivity index (χ2v) is 4.62. The first-order chi connectivity index (χ1) is 10.3. The Morgan fingerprint density at radius 3 is 2.55 bits per heavy atom. The number of carbonyl (C=O) groups excluding carboxylic acids is 1. The molecule has 1 N–H and O–H groups in total. The van der Waals surface area contributed by atoms with Gasteiger partial charge in [0, 0.05) is 24.6 Å². The number of hydrogen-bond donors (Lipinski definition) is 1. The number of benzene rings is 1. The molecule has 0 aliphatic rings. The molecule has 0 fully saturated rings. The van der Waals surface area contributed by atoms with Gasteiger partial charge in [-0.2, -0.15) is 0 Å². The second-order valence-electron chi connectivity index (χ2n) is 4.24. The van der Waals surface area contributed by atoms with Crippen molar-refractivity contribution in [1.82, 2.24) is 5.16 Å². The minimum atomic E-state index is -4.75. The van der Waals surface area contributed by atoms with E-state index in [4.69, 9.17) is 16.1 Å². The van der Waals surface area contributed by atoms with Crippen molar-refractivity contribution in [2.75, 3.05) is 5.32 Å². The Labute approximate surface area is 128 Å². The van der Waals surface area contributed by atoms with Gasteiger partial charge in [0.2, 0.25) is 5.91 Å². The number of nitrogens with zero attached hydrogens (tertiary/aromatic N) is 1.